The van der Waals surface area contributed by atoms with Crippen molar-refractivity contribution in [2.45, 2.75) is 32.9 Å². The normalized spacial score (nSPS) is 10.6. The van der Waals surface area contributed by atoms with Crippen LogP contribution in [0.1, 0.15) is 25.8 Å². The SMILES string of the molecule is COc1cccc(CNCCC(=O)NC(C)C)c1F. The number of carbonyl (C=O) groups is 1. The van der Waals surface area contributed by atoms with Gasteiger partial charge in [0.05, 0.1) is 7.11 Å². The lowest BCUT2D eigenvalue weighted by molar-refractivity contribution is -0.121. The maximum absolute atomic E-state index is 13.8. The topological polar surface area (TPSA) is 50.4 Å². The maximum atomic E-state index is 13.8. The summed E-state index contributed by atoms with van der Waals surface area (Å²) in [7, 11) is 1.44. The van der Waals surface area contributed by atoms with Gasteiger partial charge in [0.1, 0.15) is 0 Å². The molecule has 0 heterocycles. The molecular formula is C14H21FN2O2. The molecular weight excluding hydrogens is 247 g/mol. The summed E-state index contributed by atoms with van der Waals surface area (Å²) in [6.45, 7) is 4.71. The van der Waals surface area contributed by atoms with Crippen molar-refractivity contribution in [3.63, 3.8) is 0 Å². The fourth-order valence-corrected chi connectivity index (χ4v) is 1.67. The van der Waals surface area contributed by atoms with Gasteiger partial charge in [0.15, 0.2) is 11.6 Å². The molecule has 0 bridgehead atoms. The van der Waals surface area contributed by atoms with Crippen molar-refractivity contribution in [2.75, 3.05) is 13.7 Å². The highest BCUT2D eigenvalue weighted by atomic mass is 19.1. The number of hydrogen-bond acceptors (Lipinski definition) is 3. The highest BCUT2D eigenvalue weighted by molar-refractivity contribution is 5.76. The van der Waals surface area contributed by atoms with E-state index in [2.05, 4.69) is 10.6 Å². The van der Waals surface area contributed by atoms with Crippen molar-refractivity contribution >= 4 is 5.91 Å². The van der Waals surface area contributed by atoms with Crippen LogP contribution in [0.4, 0.5) is 4.39 Å². The Hall–Kier alpha value is -1.62. The van der Waals surface area contributed by atoms with Gasteiger partial charge >= 0.3 is 0 Å². The lowest BCUT2D eigenvalue weighted by Crippen LogP contribution is -2.32. The molecule has 4 nitrogen and oxygen atoms in total. The second-order valence-corrected chi connectivity index (χ2v) is 4.58. The summed E-state index contributed by atoms with van der Waals surface area (Å²) in [6.07, 6.45) is 0.379. The number of halogens is 1. The fraction of sp³-hybridized carbons (Fsp3) is 0.500. The Morgan fingerprint density at radius 2 is 2.16 bits per heavy atom. The molecule has 0 aliphatic rings. The van der Waals surface area contributed by atoms with Crippen molar-refractivity contribution in [1.29, 1.82) is 0 Å². The number of methoxy groups -OCH3 is 1. The molecule has 0 aliphatic heterocycles. The molecule has 0 spiro atoms. The number of amides is 1. The van der Waals surface area contributed by atoms with Crippen LogP contribution in [0.25, 0.3) is 0 Å². The molecule has 0 saturated carbocycles. The molecule has 19 heavy (non-hydrogen) atoms. The molecule has 0 aromatic heterocycles. The molecule has 2 N–H and O–H groups in total. The molecule has 0 aliphatic carbocycles. The second-order valence-electron chi connectivity index (χ2n) is 4.58. The summed E-state index contributed by atoms with van der Waals surface area (Å²) >= 11 is 0. The van der Waals surface area contributed by atoms with Crippen molar-refractivity contribution in [3.05, 3.63) is 29.6 Å². The van der Waals surface area contributed by atoms with Gasteiger partial charge in [-0.25, -0.2) is 4.39 Å². The van der Waals surface area contributed by atoms with Gasteiger partial charge in [-0.1, -0.05) is 12.1 Å². The zero-order valence-electron chi connectivity index (χ0n) is 11.6. The lowest BCUT2D eigenvalue weighted by atomic mass is 10.2. The Kier molecular flexibility index (Phi) is 6.29. The third kappa shape index (κ3) is 5.26. The maximum Gasteiger partial charge on any atom is 0.221 e. The molecule has 1 rings (SSSR count). The monoisotopic (exact) mass is 268 g/mol. The van der Waals surface area contributed by atoms with Crippen molar-refractivity contribution < 1.29 is 13.9 Å². The Morgan fingerprint density at radius 1 is 1.42 bits per heavy atom. The Bertz CT molecular complexity index is 422. The molecule has 0 fully saturated rings. The Balaban J connectivity index is 2.36. The van der Waals surface area contributed by atoms with Crippen molar-refractivity contribution in [3.8, 4) is 5.75 Å². The van der Waals surface area contributed by atoms with Crippen LogP contribution in [0.15, 0.2) is 18.2 Å². The minimum absolute atomic E-state index is 0.00591. The Labute approximate surface area is 113 Å². The van der Waals surface area contributed by atoms with Crippen molar-refractivity contribution in [1.82, 2.24) is 10.6 Å². The molecule has 0 unspecified atom stereocenters. The first-order valence-electron chi connectivity index (χ1n) is 6.36. The zero-order chi connectivity index (χ0) is 14.3. The third-order valence-corrected chi connectivity index (χ3v) is 2.56. The largest absolute Gasteiger partial charge is 0.494 e. The van der Waals surface area contributed by atoms with Gasteiger partial charge in [-0.3, -0.25) is 4.79 Å². The first-order chi connectivity index (χ1) is 9.04. The van der Waals surface area contributed by atoms with E-state index < -0.39 is 0 Å². The number of rotatable bonds is 7. The summed E-state index contributed by atoms with van der Waals surface area (Å²) in [5.74, 6) is -0.130. The van der Waals surface area contributed by atoms with Gasteiger partial charge in [0.25, 0.3) is 0 Å². The van der Waals surface area contributed by atoms with Crippen LogP contribution in [-0.2, 0) is 11.3 Å². The molecule has 1 aromatic rings. The van der Waals surface area contributed by atoms with E-state index in [4.69, 9.17) is 4.74 Å². The van der Waals surface area contributed by atoms with Crippen LogP contribution in [0.2, 0.25) is 0 Å². The molecule has 0 radical (unpaired) electrons. The predicted octanol–water partition coefficient (Wildman–Crippen LogP) is 1.84. The van der Waals surface area contributed by atoms with Crippen LogP contribution in [0.5, 0.6) is 5.75 Å². The predicted molar refractivity (Wildman–Crippen MR) is 72.6 cm³/mol. The summed E-state index contributed by atoms with van der Waals surface area (Å²) in [6, 6.07) is 5.15. The zero-order valence-corrected chi connectivity index (χ0v) is 11.6. The van der Waals surface area contributed by atoms with Gasteiger partial charge in [0.2, 0.25) is 5.91 Å². The number of nitrogens with one attached hydrogen (secondary N) is 2. The van der Waals surface area contributed by atoms with E-state index in [1.165, 1.54) is 7.11 Å². The van der Waals surface area contributed by atoms with Gasteiger partial charge in [0, 0.05) is 31.1 Å². The third-order valence-electron chi connectivity index (χ3n) is 2.56. The first-order valence-corrected chi connectivity index (χ1v) is 6.36. The number of ether oxygens (including phenoxy) is 1. The van der Waals surface area contributed by atoms with Crippen LogP contribution >= 0.6 is 0 Å². The summed E-state index contributed by atoms with van der Waals surface area (Å²) in [5.41, 5.74) is 0.531. The molecule has 5 heteroatoms. The minimum atomic E-state index is -0.357. The van der Waals surface area contributed by atoms with Gasteiger partial charge < -0.3 is 15.4 Å². The lowest BCUT2D eigenvalue weighted by Gasteiger charge is -2.10. The molecule has 1 aromatic carbocycles. The summed E-state index contributed by atoms with van der Waals surface area (Å²) in [5, 5.41) is 5.84. The van der Waals surface area contributed by atoms with E-state index in [1.807, 2.05) is 13.8 Å². The van der Waals surface area contributed by atoms with E-state index in [1.54, 1.807) is 18.2 Å². The van der Waals surface area contributed by atoms with Gasteiger partial charge in [-0.2, -0.15) is 0 Å². The minimum Gasteiger partial charge on any atom is -0.494 e. The standard InChI is InChI=1S/C14H21FN2O2/c1-10(2)17-13(18)7-8-16-9-11-5-4-6-12(19-3)14(11)15/h4-6,10,16H,7-9H2,1-3H3,(H,17,18). The molecule has 1 amide bonds. The average molecular weight is 268 g/mol. The molecule has 0 atom stereocenters. The quantitative estimate of drug-likeness (QED) is 0.742. The van der Waals surface area contributed by atoms with E-state index in [0.29, 0.717) is 25.1 Å². The van der Waals surface area contributed by atoms with E-state index >= 15 is 0 Å². The molecule has 0 saturated heterocycles. The van der Waals surface area contributed by atoms with Crippen LogP contribution in [0, 0.1) is 5.82 Å². The number of benzene rings is 1. The smallest absolute Gasteiger partial charge is 0.221 e. The summed E-state index contributed by atoms with van der Waals surface area (Å²) in [4.78, 5) is 11.4. The number of carbonyl (C=O) groups excluding carboxylic acids is 1. The van der Waals surface area contributed by atoms with Gasteiger partial charge in [-0.15, -0.1) is 0 Å². The van der Waals surface area contributed by atoms with Crippen molar-refractivity contribution in [2.24, 2.45) is 0 Å². The van der Waals surface area contributed by atoms with Crippen LogP contribution in [-0.4, -0.2) is 25.6 Å². The fourth-order valence-electron chi connectivity index (χ4n) is 1.67. The second kappa shape index (κ2) is 7.74. The highest BCUT2D eigenvalue weighted by Gasteiger charge is 2.08. The highest BCUT2D eigenvalue weighted by Crippen LogP contribution is 2.19. The van der Waals surface area contributed by atoms with E-state index in [9.17, 15) is 9.18 Å². The number of hydrogen-bond donors (Lipinski definition) is 2. The summed E-state index contributed by atoms with van der Waals surface area (Å²) < 4.78 is 18.7. The van der Waals surface area contributed by atoms with Crippen LogP contribution < -0.4 is 15.4 Å². The first kappa shape index (κ1) is 15.4. The van der Waals surface area contributed by atoms with Crippen LogP contribution in [0.3, 0.4) is 0 Å². The average Bonchev–Trinajstić information content (AvgIpc) is 2.35. The Morgan fingerprint density at radius 3 is 2.79 bits per heavy atom. The van der Waals surface area contributed by atoms with E-state index in [-0.39, 0.29) is 23.5 Å². The van der Waals surface area contributed by atoms with Gasteiger partial charge in [-0.05, 0) is 19.9 Å². The van der Waals surface area contributed by atoms with E-state index in [0.717, 1.165) is 0 Å². The molecule has 106 valence electrons.